The lowest BCUT2D eigenvalue weighted by Gasteiger charge is -2.54. The van der Waals surface area contributed by atoms with Gasteiger partial charge in [-0.15, -0.1) is 0 Å². The first-order valence-corrected chi connectivity index (χ1v) is 7.53. The molecular formula is C16H19NO3. The minimum atomic E-state index is -1.03. The number of hydrogen-bond donors (Lipinski definition) is 2. The Balaban J connectivity index is 1.78. The fourth-order valence-corrected chi connectivity index (χ4v) is 5.38. The second kappa shape index (κ2) is 4.21. The molecule has 106 valence electrons. The number of hydrogen-bond acceptors (Lipinski definition) is 3. The van der Waals surface area contributed by atoms with Crippen molar-refractivity contribution < 1.29 is 15.0 Å². The van der Waals surface area contributed by atoms with Crippen LogP contribution in [0.15, 0.2) is 12.4 Å². The van der Waals surface area contributed by atoms with E-state index in [1.165, 1.54) is 38.3 Å². The zero-order chi connectivity index (χ0) is 13.9. The van der Waals surface area contributed by atoms with E-state index < -0.39 is 5.97 Å². The Bertz CT molecular complexity index is 541. The summed E-state index contributed by atoms with van der Waals surface area (Å²) in [6, 6.07) is 0. The molecule has 4 heteroatoms. The van der Waals surface area contributed by atoms with E-state index in [9.17, 15) is 15.0 Å². The SMILES string of the molecule is O=C(O)c1c(O)cncc1C1C2CC3CC(C2)CC1C3. The zero-order valence-electron chi connectivity index (χ0n) is 11.3. The van der Waals surface area contributed by atoms with E-state index in [-0.39, 0.29) is 17.2 Å². The van der Waals surface area contributed by atoms with Gasteiger partial charge in [-0.25, -0.2) is 4.79 Å². The Morgan fingerprint density at radius 1 is 1.05 bits per heavy atom. The Morgan fingerprint density at radius 3 is 2.20 bits per heavy atom. The maximum Gasteiger partial charge on any atom is 0.339 e. The van der Waals surface area contributed by atoms with E-state index in [0.29, 0.717) is 11.8 Å². The number of rotatable bonds is 2. The van der Waals surface area contributed by atoms with Gasteiger partial charge in [0.2, 0.25) is 0 Å². The van der Waals surface area contributed by atoms with Gasteiger partial charge in [-0.1, -0.05) is 0 Å². The Labute approximate surface area is 117 Å². The van der Waals surface area contributed by atoms with Crippen molar-refractivity contribution in [3.05, 3.63) is 23.5 Å². The molecule has 0 spiro atoms. The summed E-state index contributed by atoms with van der Waals surface area (Å²) < 4.78 is 0. The highest BCUT2D eigenvalue weighted by Gasteiger charge is 2.49. The van der Waals surface area contributed by atoms with E-state index in [1.807, 2.05) is 0 Å². The summed E-state index contributed by atoms with van der Waals surface area (Å²) in [6.45, 7) is 0. The van der Waals surface area contributed by atoms with E-state index >= 15 is 0 Å². The summed E-state index contributed by atoms with van der Waals surface area (Å²) >= 11 is 0. The maximum absolute atomic E-state index is 11.5. The van der Waals surface area contributed by atoms with Gasteiger partial charge in [0.1, 0.15) is 11.3 Å². The Hall–Kier alpha value is -1.58. The number of nitrogens with zero attached hydrogens (tertiary/aromatic N) is 1. The highest BCUT2D eigenvalue weighted by Crippen LogP contribution is 2.60. The lowest BCUT2D eigenvalue weighted by Crippen LogP contribution is -2.44. The molecule has 0 atom stereocenters. The zero-order valence-corrected chi connectivity index (χ0v) is 11.3. The summed E-state index contributed by atoms with van der Waals surface area (Å²) in [5, 5.41) is 19.3. The monoisotopic (exact) mass is 273 g/mol. The molecule has 0 aromatic carbocycles. The molecule has 1 aromatic heterocycles. The lowest BCUT2D eigenvalue weighted by atomic mass is 9.50. The van der Waals surface area contributed by atoms with Crippen LogP contribution in [-0.2, 0) is 0 Å². The summed E-state index contributed by atoms with van der Waals surface area (Å²) in [5.41, 5.74) is 0.851. The molecule has 4 saturated carbocycles. The largest absolute Gasteiger partial charge is 0.505 e. The second-order valence-electron chi connectivity index (χ2n) is 6.88. The van der Waals surface area contributed by atoms with Gasteiger partial charge < -0.3 is 10.2 Å². The van der Waals surface area contributed by atoms with Crippen molar-refractivity contribution in [2.75, 3.05) is 0 Å². The number of aromatic nitrogens is 1. The van der Waals surface area contributed by atoms with Gasteiger partial charge >= 0.3 is 5.97 Å². The smallest absolute Gasteiger partial charge is 0.339 e. The van der Waals surface area contributed by atoms with E-state index in [4.69, 9.17) is 0 Å². The van der Waals surface area contributed by atoms with Crippen LogP contribution in [0.3, 0.4) is 0 Å². The summed E-state index contributed by atoms with van der Waals surface area (Å²) in [4.78, 5) is 15.5. The number of carboxylic acid groups (broad SMARTS) is 1. The molecule has 4 fully saturated rings. The normalized spacial score (nSPS) is 38.1. The fourth-order valence-electron chi connectivity index (χ4n) is 5.38. The molecule has 20 heavy (non-hydrogen) atoms. The van der Waals surface area contributed by atoms with Crippen LogP contribution in [-0.4, -0.2) is 21.2 Å². The van der Waals surface area contributed by atoms with Crippen LogP contribution in [0.4, 0.5) is 0 Å². The first kappa shape index (κ1) is 12.2. The van der Waals surface area contributed by atoms with Gasteiger partial charge in [0, 0.05) is 6.20 Å². The van der Waals surface area contributed by atoms with Gasteiger partial charge in [0.05, 0.1) is 6.20 Å². The molecule has 0 unspecified atom stereocenters. The highest BCUT2D eigenvalue weighted by atomic mass is 16.4. The molecule has 0 saturated heterocycles. The van der Waals surface area contributed by atoms with Gasteiger partial charge in [0.25, 0.3) is 0 Å². The van der Waals surface area contributed by atoms with Gasteiger partial charge in [-0.3, -0.25) is 4.98 Å². The number of aromatic hydroxyl groups is 1. The first-order chi connectivity index (χ1) is 9.63. The average molecular weight is 273 g/mol. The van der Waals surface area contributed by atoms with Crippen LogP contribution < -0.4 is 0 Å². The molecule has 5 rings (SSSR count). The molecule has 0 amide bonds. The third-order valence-electron chi connectivity index (χ3n) is 5.75. The second-order valence-corrected chi connectivity index (χ2v) is 6.88. The molecule has 4 nitrogen and oxygen atoms in total. The van der Waals surface area contributed by atoms with Crippen molar-refractivity contribution in [1.82, 2.24) is 4.98 Å². The van der Waals surface area contributed by atoms with Gasteiger partial charge in [-0.05, 0) is 67.3 Å². The first-order valence-electron chi connectivity index (χ1n) is 7.53. The summed E-state index contributed by atoms with van der Waals surface area (Å²) in [5.74, 6) is 1.95. The van der Waals surface area contributed by atoms with Crippen LogP contribution in [0.25, 0.3) is 0 Å². The lowest BCUT2D eigenvalue weighted by molar-refractivity contribution is -0.00333. The van der Waals surface area contributed by atoms with Crippen LogP contribution in [0.5, 0.6) is 5.75 Å². The third-order valence-corrected chi connectivity index (χ3v) is 5.75. The van der Waals surface area contributed by atoms with Crippen LogP contribution in [0.2, 0.25) is 0 Å². The highest BCUT2D eigenvalue weighted by molar-refractivity contribution is 5.92. The van der Waals surface area contributed by atoms with Gasteiger partial charge in [0.15, 0.2) is 0 Å². The molecule has 2 N–H and O–H groups in total. The standard InChI is InChI=1S/C16H19NO3/c18-13-7-17-6-12(15(13)16(19)20)14-10-2-8-1-9(4-10)5-11(14)3-8/h6-11,14,18H,1-5H2,(H,19,20). The summed E-state index contributed by atoms with van der Waals surface area (Å²) in [7, 11) is 0. The predicted molar refractivity (Wildman–Crippen MR) is 72.6 cm³/mol. The molecule has 0 radical (unpaired) electrons. The van der Waals surface area contributed by atoms with Crippen molar-refractivity contribution in [2.45, 2.75) is 38.0 Å². The van der Waals surface area contributed by atoms with E-state index in [1.54, 1.807) is 6.20 Å². The molecule has 1 heterocycles. The van der Waals surface area contributed by atoms with Crippen molar-refractivity contribution in [2.24, 2.45) is 23.7 Å². The molecule has 1 aromatic rings. The third kappa shape index (κ3) is 1.67. The number of pyridine rings is 1. The Morgan fingerprint density at radius 2 is 1.65 bits per heavy atom. The fraction of sp³-hybridized carbons (Fsp3) is 0.625. The molecule has 4 bridgehead atoms. The van der Waals surface area contributed by atoms with Crippen LogP contribution in [0, 0.1) is 23.7 Å². The minimum Gasteiger partial charge on any atom is -0.505 e. The molecule has 4 aliphatic carbocycles. The molecule has 4 aliphatic rings. The van der Waals surface area contributed by atoms with E-state index in [0.717, 1.165) is 17.4 Å². The molecule has 0 aliphatic heterocycles. The van der Waals surface area contributed by atoms with Crippen molar-refractivity contribution in [3.8, 4) is 5.75 Å². The maximum atomic E-state index is 11.5. The topological polar surface area (TPSA) is 70.4 Å². The quantitative estimate of drug-likeness (QED) is 0.869. The van der Waals surface area contributed by atoms with Crippen molar-refractivity contribution in [3.63, 3.8) is 0 Å². The summed E-state index contributed by atoms with van der Waals surface area (Å²) in [6.07, 6.45) is 9.21. The average Bonchev–Trinajstić information content (AvgIpc) is 2.36. The van der Waals surface area contributed by atoms with Crippen LogP contribution >= 0.6 is 0 Å². The van der Waals surface area contributed by atoms with Crippen LogP contribution in [0.1, 0.15) is 53.9 Å². The minimum absolute atomic E-state index is 0.0810. The number of carbonyl (C=O) groups is 1. The Kier molecular flexibility index (Phi) is 2.56. The number of aromatic carboxylic acids is 1. The van der Waals surface area contributed by atoms with Crippen molar-refractivity contribution >= 4 is 5.97 Å². The predicted octanol–water partition coefficient (Wildman–Crippen LogP) is 3.03. The van der Waals surface area contributed by atoms with Gasteiger partial charge in [-0.2, -0.15) is 0 Å². The number of carboxylic acids is 1. The van der Waals surface area contributed by atoms with Crippen molar-refractivity contribution in [1.29, 1.82) is 0 Å². The molecular weight excluding hydrogens is 254 g/mol. The van der Waals surface area contributed by atoms with E-state index in [2.05, 4.69) is 4.98 Å².